The lowest BCUT2D eigenvalue weighted by atomic mass is 9.87. The minimum absolute atomic E-state index is 0.0240. The average molecular weight is 412 g/mol. The molecule has 158 valence electrons. The van der Waals surface area contributed by atoms with Crippen LogP contribution in [0.1, 0.15) is 55.0 Å². The Morgan fingerprint density at radius 3 is 2.73 bits per heavy atom. The van der Waals surface area contributed by atoms with Crippen molar-refractivity contribution in [2.24, 2.45) is 5.92 Å². The van der Waals surface area contributed by atoms with E-state index in [-0.39, 0.29) is 18.8 Å². The summed E-state index contributed by atoms with van der Waals surface area (Å²) in [6, 6.07) is 4.17. The molecule has 4 rings (SSSR count). The molecule has 0 radical (unpaired) electrons. The molecule has 1 saturated carbocycles. The highest BCUT2D eigenvalue weighted by molar-refractivity contribution is 5.82. The fourth-order valence-corrected chi connectivity index (χ4v) is 4.10. The Labute approximate surface area is 175 Å². The van der Waals surface area contributed by atoms with Gasteiger partial charge in [0.1, 0.15) is 0 Å². The molecule has 0 spiro atoms. The van der Waals surface area contributed by atoms with E-state index in [0.29, 0.717) is 25.3 Å². The highest BCUT2D eigenvalue weighted by atomic mass is 19.3. The van der Waals surface area contributed by atoms with Gasteiger partial charge in [-0.3, -0.25) is 0 Å². The summed E-state index contributed by atoms with van der Waals surface area (Å²) in [6.07, 6.45) is 8.75. The lowest BCUT2D eigenvalue weighted by Crippen LogP contribution is -2.28. The number of anilines is 1. The van der Waals surface area contributed by atoms with E-state index in [1.165, 1.54) is 0 Å². The van der Waals surface area contributed by atoms with Crippen LogP contribution in [0.15, 0.2) is 36.8 Å². The number of fused-ring (bicyclic) bond motifs is 1. The first-order chi connectivity index (χ1) is 14.4. The van der Waals surface area contributed by atoms with Gasteiger partial charge in [-0.05, 0) is 68.4 Å². The molecule has 3 heterocycles. The Morgan fingerprint density at radius 2 is 2.03 bits per heavy atom. The van der Waals surface area contributed by atoms with Crippen molar-refractivity contribution in [3.05, 3.63) is 59.2 Å². The Morgan fingerprint density at radius 1 is 1.27 bits per heavy atom. The monoisotopic (exact) mass is 411 g/mol. The predicted octanol–water partition coefficient (Wildman–Crippen LogP) is 5.43. The largest absolute Gasteiger partial charge is 0.354 e. The van der Waals surface area contributed by atoms with Gasteiger partial charge >= 0.3 is 0 Å². The molecule has 0 aromatic carbocycles. The molecule has 30 heavy (non-hydrogen) atoms. The van der Waals surface area contributed by atoms with Crippen LogP contribution in [0.25, 0.3) is 11.1 Å². The van der Waals surface area contributed by atoms with Gasteiger partial charge in [-0.1, -0.05) is 6.08 Å². The Hall–Kier alpha value is -2.83. The zero-order valence-electron chi connectivity index (χ0n) is 17.6. The minimum atomic E-state index is -2.49. The maximum atomic E-state index is 13.3. The van der Waals surface area contributed by atoms with Crippen LogP contribution in [0.5, 0.6) is 0 Å². The molecule has 1 aliphatic carbocycles. The first kappa shape index (κ1) is 20.4. The number of alkyl halides is 2. The van der Waals surface area contributed by atoms with Crippen molar-refractivity contribution >= 4 is 17.0 Å². The van der Waals surface area contributed by atoms with Crippen LogP contribution in [0.3, 0.4) is 0 Å². The van der Waals surface area contributed by atoms with E-state index in [0.717, 1.165) is 33.5 Å². The first-order valence-corrected chi connectivity index (χ1v) is 10.4. The molecule has 1 N–H and O–H groups in total. The fourth-order valence-electron chi connectivity index (χ4n) is 4.10. The van der Waals surface area contributed by atoms with Gasteiger partial charge in [0.25, 0.3) is 0 Å². The number of allylic oxidation sites excluding steroid dienone is 1. The molecule has 1 aliphatic rings. The lowest BCUT2D eigenvalue weighted by Gasteiger charge is -2.28. The smallest absolute Gasteiger partial charge is 0.248 e. The summed E-state index contributed by atoms with van der Waals surface area (Å²) in [7, 11) is 0. The van der Waals surface area contributed by atoms with Gasteiger partial charge < -0.3 is 5.32 Å². The summed E-state index contributed by atoms with van der Waals surface area (Å²) in [5.74, 6) is -1.71. The second-order valence-corrected chi connectivity index (χ2v) is 8.15. The van der Waals surface area contributed by atoms with E-state index < -0.39 is 5.92 Å². The van der Waals surface area contributed by atoms with Gasteiger partial charge in [-0.15, -0.1) is 0 Å². The highest BCUT2D eigenvalue weighted by Crippen LogP contribution is 2.36. The van der Waals surface area contributed by atoms with Gasteiger partial charge in [0.2, 0.25) is 11.9 Å². The summed E-state index contributed by atoms with van der Waals surface area (Å²) in [4.78, 5) is 9.11. The van der Waals surface area contributed by atoms with E-state index in [9.17, 15) is 8.78 Å². The quantitative estimate of drug-likeness (QED) is 0.608. The molecule has 0 bridgehead atoms. The van der Waals surface area contributed by atoms with Crippen LogP contribution in [-0.4, -0.2) is 32.0 Å². The third-order valence-corrected chi connectivity index (χ3v) is 5.97. The first-order valence-electron chi connectivity index (χ1n) is 10.4. The van der Waals surface area contributed by atoms with E-state index in [1.54, 1.807) is 0 Å². The summed E-state index contributed by atoms with van der Waals surface area (Å²) >= 11 is 0. The fraction of sp³-hybridized carbons (Fsp3) is 0.435. The number of rotatable bonds is 5. The van der Waals surface area contributed by atoms with E-state index in [2.05, 4.69) is 32.5 Å². The van der Waals surface area contributed by atoms with Gasteiger partial charge in [0.15, 0.2) is 0 Å². The van der Waals surface area contributed by atoms with Crippen LogP contribution in [0.4, 0.5) is 14.7 Å². The Bertz CT molecular complexity index is 1080. The molecule has 0 saturated heterocycles. The molecule has 1 fully saturated rings. The number of pyridine rings is 1. The molecule has 0 aliphatic heterocycles. The zero-order valence-corrected chi connectivity index (χ0v) is 17.6. The predicted molar refractivity (Wildman–Crippen MR) is 115 cm³/mol. The molecule has 0 unspecified atom stereocenters. The van der Waals surface area contributed by atoms with Gasteiger partial charge in [-0.25, -0.2) is 23.3 Å². The van der Waals surface area contributed by atoms with Crippen molar-refractivity contribution in [2.45, 2.75) is 52.4 Å². The molecule has 0 atom stereocenters. The average Bonchev–Trinajstić information content (AvgIpc) is 3.09. The molecule has 7 heteroatoms. The van der Waals surface area contributed by atoms with Crippen LogP contribution in [-0.2, 0) is 0 Å². The van der Waals surface area contributed by atoms with Crippen LogP contribution < -0.4 is 5.32 Å². The molecular formula is C23H27F2N5. The van der Waals surface area contributed by atoms with E-state index in [4.69, 9.17) is 0 Å². The third-order valence-electron chi connectivity index (χ3n) is 5.97. The van der Waals surface area contributed by atoms with Crippen molar-refractivity contribution in [3.63, 3.8) is 0 Å². The lowest BCUT2D eigenvalue weighted by molar-refractivity contribution is -0.0443. The molecule has 5 nitrogen and oxygen atoms in total. The van der Waals surface area contributed by atoms with Gasteiger partial charge in [0, 0.05) is 37.3 Å². The Balaban J connectivity index is 1.49. The minimum Gasteiger partial charge on any atom is -0.354 e. The second kappa shape index (κ2) is 8.13. The van der Waals surface area contributed by atoms with Gasteiger partial charge in [0.05, 0.1) is 17.4 Å². The summed E-state index contributed by atoms with van der Waals surface area (Å²) in [5, 5.41) is 7.57. The number of nitrogens with zero attached hydrogens (tertiary/aromatic N) is 4. The molecule has 0 amide bonds. The van der Waals surface area contributed by atoms with Crippen molar-refractivity contribution in [2.75, 3.05) is 11.9 Å². The van der Waals surface area contributed by atoms with Crippen molar-refractivity contribution in [3.8, 4) is 0 Å². The number of nitrogens with one attached hydrogen (secondary N) is 1. The number of hydrogen-bond acceptors (Lipinski definition) is 4. The second-order valence-electron chi connectivity index (χ2n) is 8.15. The summed E-state index contributed by atoms with van der Waals surface area (Å²) < 4.78 is 28.5. The maximum Gasteiger partial charge on any atom is 0.248 e. The standard InChI is InChI=1S/C23H27F2N5/c1-4-19(18-7-10-30-21(11-18)15(2)12-28-30)20-14-27-22(29-16(20)3)26-13-17-5-8-23(24,25)9-6-17/h4,7,10-12,14,17H,5-6,8-9,13H2,1-3H3,(H,26,27,29)/b19-4-. The van der Waals surface area contributed by atoms with E-state index >= 15 is 0 Å². The van der Waals surface area contributed by atoms with Crippen molar-refractivity contribution in [1.82, 2.24) is 19.6 Å². The van der Waals surface area contributed by atoms with E-state index in [1.807, 2.05) is 49.9 Å². The van der Waals surface area contributed by atoms with Gasteiger partial charge in [-0.2, -0.15) is 5.10 Å². The number of aromatic nitrogens is 4. The molecule has 3 aromatic heterocycles. The van der Waals surface area contributed by atoms with Crippen LogP contribution >= 0.6 is 0 Å². The van der Waals surface area contributed by atoms with Crippen molar-refractivity contribution in [1.29, 1.82) is 0 Å². The topological polar surface area (TPSA) is 55.1 Å². The summed E-state index contributed by atoms with van der Waals surface area (Å²) in [5.41, 5.74) is 6.20. The molecule has 3 aromatic rings. The van der Waals surface area contributed by atoms with Crippen LogP contribution in [0.2, 0.25) is 0 Å². The SMILES string of the molecule is C/C=C(/c1ccn2ncc(C)c2c1)c1cnc(NCC2CCC(F)(F)CC2)nc1C. The third kappa shape index (κ3) is 4.20. The maximum absolute atomic E-state index is 13.3. The highest BCUT2D eigenvalue weighted by Gasteiger charge is 2.34. The number of aryl methyl sites for hydroxylation is 2. The van der Waals surface area contributed by atoms with Crippen molar-refractivity contribution < 1.29 is 8.78 Å². The molecular weight excluding hydrogens is 384 g/mol. The number of halogens is 2. The van der Waals surface area contributed by atoms with Crippen LogP contribution in [0, 0.1) is 19.8 Å². The number of hydrogen-bond donors (Lipinski definition) is 1. The summed E-state index contributed by atoms with van der Waals surface area (Å²) in [6.45, 7) is 6.65. The normalized spacial score (nSPS) is 17.4. The zero-order chi connectivity index (χ0) is 21.3. The Kier molecular flexibility index (Phi) is 5.54.